The molecule has 0 atom stereocenters. The fraction of sp³-hybridized carbons (Fsp3) is 0.381. The molecule has 0 radical (unpaired) electrons. The zero-order valence-electron chi connectivity index (χ0n) is 18.4. The van der Waals surface area contributed by atoms with Crippen LogP contribution in [0.4, 0.5) is 5.69 Å². The second-order valence-corrected chi connectivity index (χ2v) is 11.1. The van der Waals surface area contributed by atoms with Crippen molar-refractivity contribution >= 4 is 31.6 Å². The van der Waals surface area contributed by atoms with Crippen LogP contribution in [0.1, 0.15) is 15.9 Å². The Morgan fingerprint density at radius 2 is 1.79 bits per heavy atom. The van der Waals surface area contributed by atoms with Gasteiger partial charge in [0.2, 0.25) is 10.0 Å². The summed E-state index contributed by atoms with van der Waals surface area (Å²) in [4.78, 5) is 12.5. The van der Waals surface area contributed by atoms with Crippen LogP contribution >= 0.6 is 0 Å². The van der Waals surface area contributed by atoms with Gasteiger partial charge in [0.1, 0.15) is 5.75 Å². The largest absolute Gasteiger partial charge is 0.495 e. The Bertz CT molecular complexity index is 1210. The van der Waals surface area contributed by atoms with Crippen LogP contribution in [0.3, 0.4) is 0 Å². The fourth-order valence-electron chi connectivity index (χ4n) is 3.31. The highest BCUT2D eigenvalue weighted by atomic mass is 32.2. The summed E-state index contributed by atoms with van der Waals surface area (Å²) in [6.45, 7) is 2.77. The molecular weight excluding hydrogens is 470 g/mol. The summed E-state index contributed by atoms with van der Waals surface area (Å²) in [5, 5.41) is 2.55. The number of carbonyl (C=O) groups excluding carboxylic acids is 1. The van der Waals surface area contributed by atoms with E-state index in [2.05, 4.69) is 10.0 Å². The maximum atomic E-state index is 13.0. The summed E-state index contributed by atoms with van der Waals surface area (Å²) >= 11 is 0. The molecule has 0 unspecified atom stereocenters. The highest BCUT2D eigenvalue weighted by Gasteiger charge is 2.25. The molecule has 0 spiro atoms. The number of para-hydroxylation sites is 2. The number of rotatable bonds is 9. The zero-order chi connectivity index (χ0) is 24.1. The van der Waals surface area contributed by atoms with Crippen LogP contribution in [0.5, 0.6) is 5.75 Å². The second kappa shape index (κ2) is 10.5. The number of ether oxygens (including phenoxy) is 2. The van der Waals surface area contributed by atoms with Gasteiger partial charge < -0.3 is 14.8 Å². The third-order valence-electron chi connectivity index (χ3n) is 5.10. The highest BCUT2D eigenvalue weighted by molar-refractivity contribution is 7.92. The van der Waals surface area contributed by atoms with Gasteiger partial charge in [0.05, 0.1) is 36.7 Å². The normalized spacial score (nSPS) is 15.1. The highest BCUT2D eigenvalue weighted by Crippen LogP contribution is 2.27. The lowest BCUT2D eigenvalue weighted by Crippen LogP contribution is -2.43. The van der Waals surface area contributed by atoms with Crippen molar-refractivity contribution in [3.63, 3.8) is 0 Å². The van der Waals surface area contributed by atoms with Crippen molar-refractivity contribution in [1.29, 1.82) is 0 Å². The van der Waals surface area contributed by atoms with E-state index in [1.165, 1.54) is 29.6 Å². The van der Waals surface area contributed by atoms with Gasteiger partial charge in [0, 0.05) is 25.2 Å². The molecule has 0 aliphatic carbocycles. The van der Waals surface area contributed by atoms with Gasteiger partial charge >= 0.3 is 0 Å². The van der Waals surface area contributed by atoms with Gasteiger partial charge in [-0.25, -0.2) is 16.8 Å². The SMILES string of the molecule is COc1ccccc1NS(=O)(=O)c1cc(C(=O)NCCS(=O)(=O)N2CCOCC2)ccc1C. The van der Waals surface area contributed by atoms with Gasteiger partial charge in [-0.15, -0.1) is 0 Å². The summed E-state index contributed by atoms with van der Waals surface area (Å²) in [5.41, 5.74) is 0.816. The fourth-order valence-corrected chi connectivity index (χ4v) is 5.97. The van der Waals surface area contributed by atoms with E-state index in [0.29, 0.717) is 24.5 Å². The van der Waals surface area contributed by atoms with Crippen LogP contribution in [0.15, 0.2) is 47.4 Å². The van der Waals surface area contributed by atoms with Crippen LogP contribution in [-0.2, 0) is 24.8 Å². The summed E-state index contributed by atoms with van der Waals surface area (Å²) in [7, 11) is -6.10. The number of morpholine rings is 1. The molecule has 2 N–H and O–H groups in total. The summed E-state index contributed by atoms with van der Waals surface area (Å²) in [6.07, 6.45) is 0. The summed E-state index contributed by atoms with van der Waals surface area (Å²) < 4.78 is 64.9. The second-order valence-electron chi connectivity index (χ2n) is 7.37. The number of amides is 1. The number of methoxy groups -OCH3 is 1. The Hall–Kier alpha value is -2.67. The van der Waals surface area contributed by atoms with Crippen molar-refractivity contribution in [3.8, 4) is 5.75 Å². The average molecular weight is 498 g/mol. The number of hydrogen-bond donors (Lipinski definition) is 2. The van der Waals surface area contributed by atoms with E-state index in [9.17, 15) is 21.6 Å². The molecule has 12 heteroatoms. The van der Waals surface area contributed by atoms with Crippen molar-refractivity contribution in [2.24, 2.45) is 0 Å². The van der Waals surface area contributed by atoms with Gasteiger partial charge in [-0.2, -0.15) is 4.31 Å². The first-order valence-corrected chi connectivity index (χ1v) is 13.3. The number of anilines is 1. The summed E-state index contributed by atoms with van der Waals surface area (Å²) in [6, 6.07) is 10.9. The maximum absolute atomic E-state index is 13.0. The van der Waals surface area contributed by atoms with Gasteiger partial charge in [-0.05, 0) is 36.8 Å². The Labute approximate surface area is 194 Å². The molecule has 1 saturated heterocycles. The van der Waals surface area contributed by atoms with Crippen molar-refractivity contribution in [1.82, 2.24) is 9.62 Å². The number of nitrogens with zero attached hydrogens (tertiary/aromatic N) is 1. The van der Waals surface area contributed by atoms with Gasteiger partial charge in [0.25, 0.3) is 15.9 Å². The molecule has 1 heterocycles. The van der Waals surface area contributed by atoms with Crippen LogP contribution in [-0.4, -0.2) is 72.8 Å². The molecule has 0 aromatic heterocycles. The van der Waals surface area contributed by atoms with E-state index in [-0.39, 0.29) is 41.5 Å². The van der Waals surface area contributed by atoms with Crippen molar-refractivity contribution in [2.45, 2.75) is 11.8 Å². The first-order valence-electron chi connectivity index (χ1n) is 10.2. The monoisotopic (exact) mass is 497 g/mol. The minimum absolute atomic E-state index is 0.0676. The predicted molar refractivity (Wildman–Crippen MR) is 123 cm³/mol. The van der Waals surface area contributed by atoms with Crippen LogP contribution in [0.25, 0.3) is 0 Å². The number of sulfonamides is 2. The van der Waals surface area contributed by atoms with Crippen molar-refractivity contribution in [3.05, 3.63) is 53.6 Å². The van der Waals surface area contributed by atoms with Gasteiger partial charge in [0.15, 0.2) is 0 Å². The summed E-state index contributed by atoms with van der Waals surface area (Å²) in [5.74, 6) is -0.472. The van der Waals surface area contributed by atoms with Crippen LogP contribution in [0.2, 0.25) is 0 Å². The first kappa shape index (κ1) is 25.0. The minimum atomic E-state index is -4.02. The lowest BCUT2D eigenvalue weighted by atomic mass is 10.1. The Morgan fingerprint density at radius 3 is 2.48 bits per heavy atom. The zero-order valence-corrected chi connectivity index (χ0v) is 20.0. The molecule has 1 fully saturated rings. The van der Waals surface area contributed by atoms with E-state index in [4.69, 9.17) is 9.47 Å². The van der Waals surface area contributed by atoms with E-state index in [0.717, 1.165) is 0 Å². The molecule has 2 aromatic rings. The molecule has 0 bridgehead atoms. The Balaban J connectivity index is 1.70. The molecule has 10 nitrogen and oxygen atoms in total. The number of carbonyl (C=O) groups is 1. The average Bonchev–Trinajstić information content (AvgIpc) is 2.79. The molecule has 1 aliphatic rings. The first-order chi connectivity index (χ1) is 15.6. The van der Waals surface area contributed by atoms with E-state index < -0.39 is 26.0 Å². The molecule has 180 valence electrons. The quantitative estimate of drug-likeness (QED) is 0.532. The van der Waals surface area contributed by atoms with E-state index >= 15 is 0 Å². The smallest absolute Gasteiger partial charge is 0.262 e. The molecule has 1 aliphatic heterocycles. The van der Waals surface area contributed by atoms with Gasteiger partial charge in [-0.3, -0.25) is 9.52 Å². The number of nitrogens with one attached hydrogen (secondary N) is 2. The minimum Gasteiger partial charge on any atom is -0.495 e. The number of aryl methyl sites for hydroxylation is 1. The molecule has 2 aromatic carbocycles. The third-order valence-corrected chi connectivity index (χ3v) is 8.48. The topological polar surface area (TPSA) is 131 Å². The Morgan fingerprint density at radius 1 is 1.09 bits per heavy atom. The lowest BCUT2D eigenvalue weighted by molar-refractivity contribution is 0.0730. The number of hydrogen-bond acceptors (Lipinski definition) is 7. The van der Waals surface area contributed by atoms with Crippen molar-refractivity contribution in [2.75, 3.05) is 50.4 Å². The molecule has 1 amide bonds. The van der Waals surface area contributed by atoms with Crippen LogP contribution in [0, 0.1) is 6.92 Å². The lowest BCUT2D eigenvalue weighted by Gasteiger charge is -2.26. The van der Waals surface area contributed by atoms with Crippen LogP contribution < -0.4 is 14.8 Å². The van der Waals surface area contributed by atoms with E-state index in [1.54, 1.807) is 31.2 Å². The Kier molecular flexibility index (Phi) is 7.95. The molecule has 33 heavy (non-hydrogen) atoms. The number of benzene rings is 2. The molecule has 3 rings (SSSR count). The predicted octanol–water partition coefficient (Wildman–Crippen LogP) is 1.20. The molecular formula is C21H27N3O7S2. The molecule has 0 saturated carbocycles. The standard InChI is InChI=1S/C21H27N3O7S2/c1-16-7-8-17(21(25)22-9-14-32(26,27)24-10-12-31-13-11-24)15-20(16)33(28,29)23-18-5-3-4-6-19(18)30-2/h3-8,15,23H,9-14H2,1-2H3,(H,22,25). The third kappa shape index (κ3) is 6.22. The maximum Gasteiger partial charge on any atom is 0.262 e. The van der Waals surface area contributed by atoms with Gasteiger partial charge in [-0.1, -0.05) is 18.2 Å². The van der Waals surface area contributed by atoms with Crippen molar-refractivity contribution < 1.29 is 31.1 Å². The van der Waals surface area contributed by atoms with E-state index in [1.807, 2.05) is 0 Å².